The van der Waals surface area contributed by atoms with Crippen molar-refractivity contribution in [1.82, 2.24) is 0 Å². The number of rotatable bonds is 6. The molecule has 0 aromatic heterocycles. The molecule has 0 aliphatic rings. The van der Waals surface area contributed by atoms with Crippen molar-refractivity contribution in [3.05, 3.63) is 59.7 Å². The van der Waals surface area contributed by atoms with Crippen LogP contribution in [0, 0.1) is 6.92 Å². The van der Waals surface area contributed by atoms with Gasteiger partial charge in [0.15, 0.2) is 0 Å². The number of hydrogen-bond acceptors (Lipinski definition) is 2. The third kappa shape index (κ3) is 4.02. The van der Waals surface area contributed by atoms with Gasteiger partial charge in [-0.25, -0.2) is 0 Å². The van der Waals surface area contributed by atoms with Crippen molar-refractivity contribution in [3.63, 3.8) is 0 Å². The summed E-state index contributed by atoms with van der Waals surface area (Å²) in [4.78, 5) is 0. The van der Waals surface area contributed by atoms with Crippen LogP contribution in [0.15, 0.2) is 48.5 Å². The predicted molar refractivity (Wildman–Crippen MR) is 85.7 cm³/mol. The van der Waals surface area contributed by atoms with Gasteiger partial charge in [0.2, 0.25) is 0 Å². The van der Waals surface area contributed by atoms with Crippen molar-refractivity contribution in [2.24, 2.45) is 0 Å². The van der Waals surface area contributed by atoms with E-state index in [-0.39, 0.29) is 0 Å². The number of ether oxygens (including phenoxy) is 1. The summed E-state index contributed by atoms with van der Waals surface area (Å²) in [7, 11) is 0. The first-order valence-electron chi connectivity index (χ1n) is 7.19. The van der Waals surface area contributed by atoms with E-state index in [1.54, 1.807) is 0 Å². The molecule has 0 radical (unpaired) electrons. The average Bonchev–Trinajstić information content (AvgIpc) is 2.44. The highest BCUT2D eigenvalue weighted by Gasteiger charge is 2.07. The Bertz CT molecular complexity index is 534. The van der Waals surface area contributed by atoms with Crippen molar-refractivity contribution in [3.8, 4) is 5.75 Å². The molecule has 2 nitrogen and oxygen atoms in total. The zero-order chi connectivity index (χ0) is 14.4. The predicted octanol–water partition coefficient (Wildman–Crippen LogP) is 4.61. The molecule has 0 bridgehead atoms. The van der Waals surface area contributed by atoms with E-state index in [0.717, 1.165) is 18.0 Å². The Morgan fingerprint density at radius 1 is 1.05 bits per heavy atom. The Labute approximate surface area is 121 Å². The van der Waals surface area contributed by atoms with Crippen molar-refractivity contribution < 1.29 is 4.74 Å². The van der Waals surface area contributed by atoms with E-state index in [2.05, 4.69) is 56.4 Å². The van der Waals surface area contributed by atoms with Crippen molar-refractivity contribution in [2.45, 2.75) is 26.7 Å². The van der Waals surface area contributed by atoms with Gasteiger partial charge in [-0.3, -0.25) is 0 Å². The second kappa shape index (κ2) is 6.99. The van der Waals surface area contributed by atoms with Gasteiger partial charge in [-0.15, -0.1) is 0 Å². The fraction of sp³-hybridized carbons (Fsp3) is 0.333. The first-order valence-corrected chi connectivity index (χ1v) is 7.19. The van der Waals surface area contributed by atoms with Crippen molar-refractivity contribution in [2.75, 3.05) is 18.5 Å². The maximum Gasteiger partial charge on any atom is 0.123 e. The van der Waals surface area contributed by atoms with Gasteiger partial charge < -0.3 is 10.1 Å². The van der Waals surface area contributed by atoms with Gasteiger partial charge in [-0.05, 0) is 42.2 Å². The lowest BCUT2D eigenvalue weighted by Crippen LogP contribution is -2.12. The second-order valence-electron chi connectivity index (χ2n) is 5.34. The molecular weight excluding hydrogens is 246 g/mol. The van der Waals surface area contributed by atoms with Gasteiger partial charge in [-0.1, -0.05) is 44.2 Å². The van der Waals surface area contributed by atoms with Gasteiger partial charge >= 0.3 is 0 Å². The summed E-state index contributed by atoms with van der Waals surface area (Å²) in [5, 5.41) is 3.35. The van der Waals surface area contributed by atoms with Crippen LogP contribution in [-0.4, -0.2) is 13.2 Å². The minimum Gasteiger partial charge on any atom is -0.491 e. The summed E-state index contributed by atoms with van der Waals surface area (Å²) in [6, 6.07) is 16.6. The quantitative estimate of drug-likeness (QED) is 0.773. The van der Waals surface area contributed by atoms with Crippen molar-refractivity contribution >= 4 is 5.69 Å². The first kappa shape index (κ1) is 14.4. The van der Waals surface area contributed by atoms with Gasteiger partial charge in [0.25, 0.3) is 0 Å². The Morgan fingerprint density at radius 3 is 2.50 bits per heavy atom. The molecule has 2 aromatic carbocycles. The smallest absolute Gasteiger partial charge is 0.123 e. The molecule has 0 fully saturated rings. The molecule has 1 N–H and O–H groups in total. The highest BCUT2D eigenvalue weighted by atomic mass is 16.5. The van der Waals surface area contributed by atoms with E-state index >= 15 is 0 Å². The Kier molecular flexibility index (Phi) is 5.05. The average molecular weight is 269 g/mol. The van der Waals surface area contributed by atoms with E-state index < -0.39 is 0 Å². The molecule has 0 atom stereocenters. The normalized spacial score (nSPS) is 10.6. The molecule has 0 saturated carbocycles. The van der Waals surface area contributed by atoms with Crippen LogP contribution >= 0.6 is 0 Å². The largest absolute Gasteiger partial charge is 0.491 e. The van der Waals surface area contributed by atoms with E-state index in [1.807, 2.05) is 18.2 Å². The van der Waals surface area contributed by atoms with Crippen LogP contribution in [0.25, 0.3) is 0 Å². The highest BCUT2D eigenvalue weighted by Crippen LogP contribution is 2.27. The molecule has 0 aliphatic heterocycles. The summed E-state index contributed by atoms with van der Waals surface area (Å²) >= 11 is 0. The zero-order valence-electron chi connectivity index (χ0n) is 12.5. The third-order valence-electron chi connectivity index (χ3n) is 3.25. The Hall–Kier alpha value is -1.96. The minimum atomic E-state index is 0.479. The van der Waals surface area contributed by atoms with Crippen LogP contribution in [0.1, 0.15) is 30.9 Å². The number of aryl methyl sites for hydroxylation is 1. The van der Waals surface area contributed by atoms with Gasteiger partial charge in [0, 0.05) is 12.2 Å². The summed E-state index contributed by atoms with van der Waals surface area (Å²) < 4.78 is 5.94. The monoisotopic (exact) mass is 269 g/mol. The molecule has 2 aromatic rings. The maximum atomic E-state index is 5.94. The standard InChI is InChI=1S/C18H23NO/c1-14(2)17-10-9-15(3)13-18(17)20-12-11-19-16-7-5-4-6-8-16/h4-10,13-14,19H,11-12H2,1-3H3. The number of nitrogens with one attached hydrogen (secondary N) is 1. The van der Waals surface area contributed by atoms with Crippen LogP contribution < -0.4 is 10.1 Å². The zero-order valence-corrected chi connectivity index (χ0v) is 12.5. The number of benzene rings is 2. The minimum absolute atomic E-state index is 0.479. The number of anilines is 1. The molecule has 0 amide bonds. The van der Waals surface area contributed by atoms with Crippen LogP contribution in [0.4, 0.5) is 5.69 Å². The molecule has 0 saturated heterocycles. The van der Waals surface area contributed by atoms with Crippen LogP contribution in [0.5, 0.6) is 5.75 Å². The third-order valence-corrected chi connectivity index (χ3v) is 3.25. The molecule has 106 valence electrons. The van der Waals surface area contributed by atoms with Crippen LogP contribution in [-0.2, 0) is 0 Å². The van der Waals surface area contributed by atoms with Gasteiger partial charge in [-0.2, -0.15) is 0 Å². The molecule has 2 heteroatoms. The fourth-order valence-electron chi connectivity index (χ4n) is 2.16. The molecule has 20 heavy (non-hydrogen) atoms. The van der Waals surface area contributed by atoms with Crippen molar-refractivity contribution in [1.29, 1.82) is 0 Å². The lowest BCUT2D eigenvalue weighted by atomic mass is 10.0. The molecule has 0 unspecified atom stereocenters. The lowest BCUT2D eigenvalue weighted by molar-refractivity contribution is 0.328. The topological polar surface area (TPSA) is 21.3 Å². The van der Waals surface area contributed by atoms with Crippen LogP contribution in [0.2, 0.25) is 0 Å². The Balaban J connectivity index is 1.89. The SMILES string of the molecule is Cc1ccc(C(C)C)c(OCCNc2ccccc2)c1. The van der Waals surface area contributed by atoms with E-state index in [0.29, 0.717) is 12.5 Å². The highest BCUT2D eigenvalue weighted by molar-refractivity contribution is 5.42. The number of hydrogen-bond donors (Lipinski definition) is 1. The van der Waals surface area contributed by atoms with Gasteiger partial charge in [0.05, 0.1) is 0 Å². The fourth-order valence-corrected chi connectivity index (χ4v) is 2.16. The number of para-hydroxylation sites is 1. The second-order valence-corrected chi connectivity index (χ2v) is 5.34. The molecule has 2 rings (SSSR count). The van der Waals surface area contributed by atoms with Crippen LogP contribution in [0.3, 0.4) is 0 Å². The summed E-state index contributed by atoms with van der Waals surface area (Å²) in [5.74, 6) is 1.49. The lowest BCUT2D eigenvalue weighted by Gasteiger charge is -2.15. The van der Waals surface area contributed by atoms with E-state index in [1.165, 1.54) is 11.1 Å². The first-order chi connectivity index (χ1) is 9.66. The van der Waals surface area contributed by atoms with E-state index in [9.17, 15) is 0 Å². The summed E-state index contributed by atoms with van der Waals surface area (Å²) in [5.41, 5.74) is 3.64. The maximum absolute atomic E-state index is 5.94. The Morgan fingerprint density at radius 2 is 1.80 bits per heavy atom. The molecule has 0 aliphatic carbocycles. The molecular formula is C18H23NO. The molecule has 0 spiro atoms. The summed E-state index contributed by atoms with van der Waals surface area (Å²) in [6.07, 6.45) is 0. The summed E-state index contributed by atoms with van der Waals surface area (Å²) in [6.45, 7) is 7.95. The van der Waals surface area contributed by atoms with E-state index in [4.69, 9.17) is 4.74 Å². The molecule has 0 heterocycles. The van der Waals surface area contributed by atoms with Gasteiger partial charge in [0.1, 0.15) is 12.4 Å².